The molecule has 6 rings (SSSR count). The van der Waals surface area contributed by atoms with Crippen LogP contribution in [-0.2, 0) is 6.54 Å². The maximum atomic E-state index is 13.2. The lowest BCUT2D eigenvalue weighted by molar-refractivity contribution is 0.102. The molecule has 1 aromatic heterocycles. The summed E-state index contributed by atoms with van der Waals surface area (Å²) in [4.78, 5) is 18.2. The third-order valence-electron chi connectivity index (χ3n) is 9.45. The number of aromatic nitrogens is 1. The van der Waals surface area contributed by atoms with Crippen LogP contribution in [0.2, 0.25) is 0 Å². The minimum atomic E-state index is -0.242. The van der Waals surface area contributed by atoms with Crippen molar-refractivity contribution in [2.24, 2.45) is 5.92 Å². The molecule has 1 aliphatic heterocycles. The van der Waals surface area contributed by atoms with Crippen LogP contribution in [-0.4, -0.2) is 74.3 Å². The van der Waals surface area contributed by atoms with Crippen molar-refractivity contribution in [3.63, 3.8) is 0 Å². The van der Waals surface area contributed by atoms with Crippen LogP contribution in [0.3, 0.4) is 0 Å². The summed E-state index contributed by atoms with van der Waals surface area (Å²) in [5.74, 6) is 2.95. The van der Waals surface area contributed by atoms with Crippen molar-refractivity contribution in [2.45, 2.75) is 27.3 Å². The van der Waals surface area contributed by atoms with E-state index in [9.17, 15) is 4.79 Å². The van der Waals surface area contributed by atoms with E-state index in [1.54, 1.807) is 26.4 Å². The summed E-state index contributed by atoms with van der Waals surface area (Å²) in [5.41, 5.74) is 6.70. The molecule has 0 spiro atoms. The van der Waals surface area contributed by atoms with Gasteiger partial charge in [0, 0.05) is 79.2 Å². The molecule has 250 valence electrons. The number of carbonyl (C=O) groups excluding carboxylic acids is 1. The van der Waals surface area contributed by atoms with Gasteiger partial charge in [-0.3, -0.25) is 4.79 Å². The fraction of sp³-hybridized carbons (Fsp3) is 0.325. The molecular weight excluding hydrogens is 600 g/mol. The van der Waals surface area contributed by atoms with Gasteiger partial charge in [0.05, 0.1) is 19.8 Å². The Balaban J connectivity index is 1.12. The maximum absolute atomic E-state index is 13.2. The monoisotopic (exact) mass is 646 g/mol. The van der Waals surface area contributed by atoms with Gasteiger partial charge in [-0.25, -0.2) is 0 Å². The number of ether oxygens (including phenoxy) is 3. The first-order valence-corrected chi connectivity index (χ1v) is 16.6. The zero-order valence-electron chi connectivity index (χ0n) is 28.9. The van der Waals surface area contributed by atoms with E-state index in [4.69, 9.17) is 14.2 Å². The van der Waals surface area contributed by atoms with Gasteiger partial charge in [0.1, 0.15) is 23.0 Å². The number of rotatable bonds is 11. The molecule has 1 unspecified atom stereocenters. The number of nitrogens with one attached hydrogen (secondary N) is 1. The summed E-state index contributed by atoms with van der Waals surface area (Å²) in [5, 5.41) is 4.19. The second kappa shape index (κ2) is 14.5. The highest BCUT2D eigenvalue weighted by Gasteiger charge is 2.20. The van der Waals surface area contributed by atoms with Gasteiger partial charge in [-0.2, -0.15) is 0 Å². The average molecular weight is 647 g/mol. The van der Waals surface area contributed by atoms with Crippen LogP contribution in [0.25, 0.3) is 22.0 Å². The predicted octanol–water partition coefficient (Wildman–Crippen LogP) is 7.87. The smallest absolute Gasteiger partial charge is 0.255 e. The highest BCUT2D eigenvalue weighted by molar-refractivity contribution is 6.05. The quantitative estimate of drug-likeness (QED) is 0.158. The highest BCUT2D eigenvalue weighted by atomic mass is 16.5. The first-order valence-electron chi connectivity index (χ1n) is 16.6. The Labute approximate surface area is 283 Å². The van der Waals surface area contributed by atoms with E-state index in [1.165, 1.54) is 22.2 Å². The Bertz CT molecular complexity index is 1850. The average Bonchev–Trinajstić information content (AvgIpc) is 3.33. The van der Waals surface area contributed by atoms with E-state index in [0.717, 1.165) is 56.1 Å². The first-order chi connectivity index (χ1) is 23.2. The number of aryl methyl sites for hydroxylation is 1. The number of benzene rings is 4. The summed E-state index contributed by atoms with van der Waals surface area (Å²) in [6.07, 6.45) is 0. The van der Waals surface area contributed by atoms with Gasteiger partial charge in [-0.05, 0) is 80.4 Å². The number of carbonyl (C=O) groups is 1. The van der Waals surface area contributed by atoms with Crippen LogP contribution in [0.1, 0.15) is 28.5 Å². The molecule has 0 radical (unpaired) electrons. The number of nitrogens with zero attached hydrogens (tertiary/aromatic N) is 3. The summed E-state index contributed by atoms with van der Waals surface area (Å²) in [6.45, 7) is 13.4. The van der Waals surface area contributed by atoms with Gasteiger partial charge in [-0.1, -0.05) is 37.3 Å². The minimum absolute atomic E-state index is 0.242. The van der Waals surface area contributed by atoms with Gasteiger partial charge in [0.25, 0.3) is 5.91 Å². The molecule has 1 saturated heterocycles. The number of hydrogen-bond donors (Lipinski definition) is 1. The lowest BCUT2D eigenvalue weighted by atomic mass is 10.0. The largest absolute Gasteiger partial charge is 0.496 e. The molecule has 2 heterocycles. The van der Waals surface area contributed by atoms with Crippen LogP contribution in [0.4, 0.5) is 5.69 Å². The number of amides is 1. The minimum Gasteiger partial charge on any atom is -0.496 e. The number of hydrogen-bond acceptors (Lipinski definition) is 6. The van der Waals surface area contributed by atoms with Crippen molar-refractivity contribution in [1.29, 1.82) is 0 Å². The van der Waals surface area contributed by atoms with Gasteiger partial charge in [0.15, 0.2) is 0 Å². The Morgan fingerprint density at radius 2 is 1.46 bits per heavy atom. The molecule has 0 aliphatic carbocycles. The fourth-order valence-corrected chi connectivity index (χ4v) is 6.66. The molecule has 1 fully saturated rings. The van der Waals surface area contributed by atoms with E-state index in [-0.39, 0.29) is 5.91 Å². The lowest BCUT2D eigenvalue weighted by Crippen LogP contribution is -2.46. The molecule has 8 nitrogen and oxygen atoms in total. The molecule has 1 amide bonds. The standard InChI is InChI=1S/C40H46N4O4/c1-27(25-43-20-18-42(4)19-21-43)26-44-29(3)28(2)35-24-34(16-17-36(35)44)48-33-14-12-31(13-15-33)40(45)41-32-22-37(46-5)39(38(23-32)47-6)30-10-8-7-9-11-30/h7-17,22-24,27H,18-21,25-26H2,1-6H3,(H,41,45). The van der Waals surface area contributed by atoms with Crippen molar-refractivity contribution in [3.8, 4) is 34.1 Å². The summed E-state index contributed by atoms with van der Waals surface area (Å²) >= 11 is 0. The van der Waals surface area contributed by atoms with E-state index in [0.29, 0.717) is 34.4 Å². The number of fused-ring (bicyclic) bond motifs is 1. The van der Waals surface area contributed by atoms with Crippen LogP contribution >= 0.6 is 0 Å². The molecule has 0 saturated carbocycles. The Kier molecular flexibility index (Phi) is 10.0. The van der Waals surface area contributed by atoms with Crippen molar-refractivity contribution in [1.82, 2.24) is 14.4 Å². The third-order valence-corrected chi connectivity index (χ3v) is 9.45. The molecule has 4 aromatic carbocycles. The van der Waals surface area contributed by atoms with E-state index < -0.39 is 0 Å². The topological polar surface area (TPSA) is 68.2 Å². The second-order valence-electron chi connectivity index (χ2n) is 12.9. The molecule has 1 atom stereocenters. The first kappa shape index (κ1) is 33.1. The van der Waals surface area contributed by atoms with Gasteiger partial charge in [0.2, 0.25) is 0 Å². The lowest BCUT2D eigenvalue weighted by Gasteiger charge is -2.34. The fourth-order valence-electron chi connectivity index (χ4n) is 6.66. The van der Waals surface area contributed by atoms with Crippen molar-refractivity contribution >= 4 is 22.5 Å². The maximum Gasteiger partial charge on any atom is 0.255 e. The van der Waals surface area contributed by atoms with Crippen molar-refractivity contribution < 1.29 is 19.0 Å². The number of likely N-dealkylation sites (N-methyl/N-ethyl adjacent to an activating group) is 1. The number of anilines is 1. The van der Waals surface area contributed by atoms with E-state index >= 15 is 0 Å². The zero-order valence-corrected chi connectivity index (χ0v) is 28.9. The van der Waals surface area contributed by atoms with Crippen LogP contribution in [0, 0.1) is 19.8 Å². The normalized spacial score (nSPS) is 14.5. The van der Waals surface area contributed by atoms with E-state index in [1.807, 2.05) is 60.7 Å². The van der Waals surface area contributed by atoms with Crippen LogP contribution in [0.15, 0.2) is 84.9 Å². The number of methoxy groups -OCH3 is 2. The Morgan fingerprint density at radius 1 is 0.812 bits per heavy atom. The Morgan fingerprint density at radius 3 is 2.10 bits per heavy atom. The summed E-state index contributed by atoms with van der Waals surface area (Å²) < 4.78 is 20.1. The molecule has 1 aliphatic rings. The number of piperazine rings is 1. The van der Waals surface area contributed by atoms with Crippen molar-refractivity contribution in [2.75, 3.05) is 59.3 Å². The molecule has 48 heavy (non-hydrogen) atoms. The third kappa shape index (κ3) is 7.20. The SMILES string of the molecule is COc1cc(NC(=O)c2ccc(Oc3ccc4c(c3)c(C)c(C)n4CC(C)CN3CCN(C)CC3)cc2)cc(OC)c1-c1ccccc1. The predicted molar refractivity (Wildman–Crippen MR) is 194 cm³/mol. The van der Waals surface area contributed by atoms with Crippen molar-refractivity contribution in [3.05, 3.63) is 102 Å². The molecule has 1 N–H and O–H groups in total. The van der Waals surface area contributed by atoms with Crippen LogP contribution in [0.5, 0.6) is 23.0 Å². The molecule has 8 heteroatoms. The molecular formula is C40H46N4O4. The van der Waals surface area contributed by atoms with Gasteiger partial charge in [-0.15, -0.1) is 0 Å². The zero-order chi connectivity index (χ0) is 33.8. The Hall–Kier alpha value is -4.79. The van der Waals surface area contributed by atoms with Gasteiger partial charge < -0.3 is 33.9 Å². The van der Waals surface area contributed by atoms with Crippen LogP contribution < -0.4 is 19.5 Å². The second-order valence-corrected chi connectivity index (χ2v) is 12.9. The molecule has 5 aromatic rings. The molecule has 0 bridgehead atoms. The van der Waals surface area contributed by atoms with E-state index in [2.05, 4.69) is 59.6 Å². The summed E-state index contributed by atoms with van der Waals surface area (Å²) in [6, 6.07) is 27.0. The van der Waals surface area contributed by atoms with Gasteiger partial charge >= 0.3 is 0 Å². The highest BCUT2D eigenvalue weighted by Crippen LogP contribution is 2.41. The summed E-state index contributed by atoms with van der Waals surface area (Å²) in [7, 11) is 5.42.